The van der Waals surface area contributed by atoms with E-state index in [0.717, 1.165) is 25.2 Å². The Bertz CT molecular complexity index is 479. The van der Waals surface area contributed by atoms with Gasteiger partial charge in [0.15, 0.2) is 5.11 Å². The quantitative estimate of drug-likeness (QED) is 0.540. The Labute approximate surface area is 140 Å². The van der Waals surface area contributed by atoms with Gasteiger partial charge >= 0.3 is 0 Å². The zero-order valence-corrected chi connectivity index (χ0v) is 14.0. The first-order valence-corrected chi connectivity index (χ1v) is 8.86. The molecule has 0 saturated carbocycles. The average Bonchev–Trinajstić information content (AvgIpc) is 3.05. The van der Waals surface area contributed by atoms with Crippen molar-refractivity contribution in [1.82, 2.24) is 16.2 Å². The second-order valence-corrected chi connectivity index (χ2v) is 6.39. The highest BCUT2D eigenvalue weighted by Gasteiger charge is 2.15. The van der Waals surface area contributed by atoms with Crippen LogP contribution in [0.25, 0.3) is 0 Å². The highest BCUT2D eigenvalue weighted by molar-refractivity contribution is 7.99. The average molecular weight is 339 g/mol. The number of nitrogens with one attached hydrogen (secondary N) is 3. The van der Waals surface area contributed by atoms with Crippen molar-refractivity contribution < 1.29 is 9.53 Å². The molecule has 0 unspecified atom stereocenters. The third kappa shape index (κ3) is 6.64. The second kappa shape index (κ2) is 9.66. The van der Waals surface area contributed by atoms with Gasteiger partial charge < -0.3 is 10.1 Å². The first kappa shape index (κ1) is 17.1. The third-order valence-electron chi connectivity index (χ3n) is 3.17. The molecule has 1 aromatic rings. The zero-order valence-electron chi connectivity index (χ0n) is 12.3. The van der Waals surface area contributed by atoms with E-state index in [1.165, 1.54) is 5.56 Å². The Morgan fingerprint density at radius 1 is 1.32 bits per heavy atom. The van der Waals surface area contributed by atoms with Crippen LogP contribution in [0.4, 0.5) is 0 Å². The van der Waals surface area contributed by atoms with Crippen molar-refractivity contribution in [3.05, 3.63) is 35.9 Å². The monoisotopic (exact) mass is 339 g/mol. The lowest BCUT2D eigenvalue weighted by atomic mass is 10.2. The van der Waals surface area contributed by atoms with Crippen molar-refractivity contribution in [2.24, 2.45) is 0 Å². The molecule has 1 aromatic carbocycles. The molecule has 1 fully saturated rings. The number of rotatable bonds is 6. The number of hydrogen-bond acceptors (Lipinski definition) is 4. The van der Waals surface area contributed by atoms with E-state index in [4.69, 9.17) is 17.0 Å². The number of thioether (sulfide) groups is 1. The van der Waals surface area contributed by atoms with Gasteiger partial charge in [-0.1, -0.05) is 30.3 Å². The fourth-order valence-corrected chi connectivity index (χ4v) is 2.98. The van der Waals surface area contributed by atoms with E-state index in [2.05, 4.69) is 16.2 Å². The normalized spacial score (nSPS) is 17.0. The summed E-state index contributed by atoms with van der Waals surface area (Å²) >= 11 is 6.66. The Hall–Kier alpha value is -1.31. The number of thiocarbonyl (C=S) groups is 1. The van der Waals surface area contributed by atoms with E-state index in [1.54, 1.807) is 11.8 Å². The summed E-state index contributed by atoms with van der Waals surface area (Å²) < 4.78 is 5.48. The Kier molecular flexibility index (Phi) is 7.48. The minimum Gasteiger partial charge on any atom is -0.376 e. The molecule has 3 N–H and O–H groups in total. The largest absolute Gasteiger partial charge is 0.376 e. The summed E-state index contributed by atoms with van der Waals surface area (Å²) in [5.41, 5.74) is 6.51. The first-order valence-electron chi connectivity index (χ1n) is 7.30. The molecule has 0 spiro atoms. The second-order valence-electron chi connectivity index (χ2n) is 5.00. The molecule has 0 radical (unpaired) electrons. The highest BCUT2D eigenvalue weighted by Crippen LogP contribution is 2.11. The van der Waals surface area contributed by atoms with Gasteiger partial charge in [-0.25, -0.2) is 0 Å². The summed E-state index contributed by atoms with van der Waals surface area (Å²) in [5.74, 6) is 1.11. The van der Waals surface area contributed by atoms with Gasteiger partial charge in [-0.15, -0.1) is 11.8 Å². The molecular formula is C15H21N3O2S2. The third-order valence-corrected chi connectivity index (χ3v) is 4.42. The van der Waals surface area contributed by atoms with Crippen molar-refractivity contribution >= 4 is 35.0 Å². The molecule has 22 heavy (non-hydrogen) atoms. The van der Waals surface area contributed by atoms with Crippen LogP contribution < -0.4 is 16.2 Å². The number of hydrogen-bond donors (Lipinski definition) is 3. The van der Waals surface area contributed by atoms with Crippen molar-refractivity contribution in [2.75, 3.05) is 18.9 Å². The maximum atomic E-state index is 11.7. The standard InChI is InChI=1S/C15H21N3O2S2/c19-14(11-22-10-12-5-2-1-3-6-12)17-18-15(21)16-9-13-7-4-8-20-13/h1-3,5-6,13H,4,7-11H2,(H,17,19)(H2,16,18,21)/t13-/m0/s1. The predicted molar refractivity (Wildman–Crippen MR) is 93.5 cm³/mol. The lowest BCUT2D eigenvalue weighted by Crippen LogP contribution is -2.48. The Morgan fingerprint density at radius 3 is 2.86 bits per heavy atom. The van der Waals surface area contributed by atoms with Crippen LogP contribution >= 0.6 is 24.0 Å². The number of amides is 1. The lowest BCUT2D eigenvalue weighted by Gasteiger charge is -2.14. The molecule has 1 saturated heterocycles. The van der Waals surface area contributed by atoms with Gasteiger partial charge in [0.2, 0.25) is 5.91 Å². The van der Waals surface area contributed by atoms with Gasteiger partial charge in [0.05, 0.1) is 11.9 Å². The SMILES string of the molecule is O=C(CSCc1ccccc1)NNC(=S)NC[C@@H]1CCCO1. The summed E-state index contributed by atoms with van der Waals surface area (Å²) in [6, 6.07) is 10.1. The van der Waals surface area contributed by atoms with Gasteiger partial charge in [-0.3, -0.25) is 15.6 Å². The summed E-state index contributed by atoms with van der Waals surface area (Å²) in [4.78, 5) is 11.7. The van der Waals surface area contributed by atoms with Crippen LogP contribution in [0.5, 0.6) is 0 Å². The molecular weight excluding hydrogens is 318 g/mol. The van der Waals surface area contributed by atoms with Crippen LogP contribution in [0.2, 0.25) is 0 Å². The van der Waals surface area contributed by atoms with Crippen LogP contribution in [0.1, 0.15) is 18.4 Å². The molecule has 0 aliphatic carbocycles. The first-order chi connectivity index (χ1) is 10.7. The molecule has 2 rings (SSSR count). The predicted octanol–water partition coefficient (Wildman–Crippen LogP) is 1.59. The molecule has 1 atom stereocenters. The molecule has 1 amide bonds. The minimum atomic E-state index is -0.0952. The molecule has 120 valence electrons. The number of hydrazine groups is 1. The summed E-state index contributed by atoms with van der Waals surface area (Å²) in [5, 5.41) is 3.45. The van der Waals surface area contributed by atoms with E-state index in [0.29, 0.717) is 17.4 Å². The number of carbonyl (C=O) groups excluding carboxylic acids is 1. The molecule has 1 aliphatic heterocycles. The summed E-state index contributed by atoms with van der Waals surface area (Å²) in [7, 11) is 0. The smallest absolute Gasteiger partial charge is 0.248 e. The van der Waals surface area contributed by atoms with Crippen molar-refractivity contribution in [3.8, 4) is 0 Å². The van der Waals surface area contributed by atoms with E-state index in [1.807, 2.05) is 30.3 Å². The topological polar surface area (TPSA) is 62.4 Å². The molecule has 0 aromatic heterocycles. The van der Waals surface area contributed by atoms with Gasteiger partial charge in [0.25, 0.3) is 0 Å². The maximum absolute atomic E-state index is 11.7. The molecule has 5 nitrogen and oxygen atoms in total. The van der Waals surface area contributed by atoms with E-state index in [-0.39, 0.29) is 12.0 Å². The van der Waals surface area contributed by atoms with Crippen LogP contribution in [0, 0.1) is 0 Å². The van der Waals surface area contributed by atoms with Crippen molar-refractivity contribution in [2.45, 2.75) is 24.7 Å². The Balaban J connectivity index is 1.52. The van der Waals surface area contributed by atoms with Crippen molar-refractivity contribution in [3.63, 3.8) is 0 Å². The van der Waals surface area contributed by atoms with Gasteiger partial charge in [-0.2, -0.15) is 0 Å². The van der Waals surface area contributed by atoms with Crippen LogP contribution in [-0.2, 0) is 15.3 Å². The van der Waals surface area contributed by atoms with Gasteiger partial charge in [0.1, 0.15) is 0 Å². The molecule has 0 bridgehead atoms. The number of carbonyl (C=O) groups is 1. The van der Waals surface area contributed by atoms with Crippen LogP contribution in [0.3, 0.4) is 0 Å². The fraction of sp³-hybridized carbons (Fsp3) is 0.467. The molecule has 7 heteroatoms. The number of ether oxygens (including phenoxy) is 1. The molecule has 1 aliphatic rings. The fourth-order valence-electron chi connectivity index (χ4n) is 2.05. The van der Waals surface area contributed by atoms with E-state index in [9.17, 15) is 4.79 Å². The zero-order chi connectivity index (χ0) is 15.6. The van der Waals surface area contributed by atoms with Crippen LogP contribution in [0.15, 0.2) is 30.3 Å². The lowest BCUT2D eigenvalue weighted by molar-refractivity contribution is -0.119. The van der Waals surface area contributed by atoms with E-state index >= 15 is 0 Å². The minimum absolute atomic E-state index is 0.0952. The Morgan fingerprint density at radius 2 is 2.14 bits per heavy atom. The maximum Gasteiger partial charge on any atom is 0.248 e. The van der Waals surface area contributed by atoms with Gasteiger partial charge in [0, 0.05) is 18.9 Å². The van der Waals surface area contributed by atoms with E-state index < -0.39 is 0 Å². The van der Waals surface area contributed by atoms with Gasteiger partial charge in [-0.05, 0) is 30.6 Å². The van der Waals surface area contributed by atoms with Crippen LogP contribution in [-0.4, -0.2) is 36.0 Å². The summed E-state index contributed by atoms with van der Waals surface area (Å²) in [6.45, 7) is 1.49. The summed E-state index contributed by atoms with van der Waals surface area (Å²) in [6.07, 6.45) is 2.37. The molecule has 1 heterocycles. The number of benzene rings is 1. The highest BCUT2D eigenvalue weighted by atomic mass is 32.2. The van der Waals surface area contributed by atoms with Crippen molar-refractivity contribution in [1.29, 1.82) is 0 Å².